The second-order valence-corrected chi connectivity index (χ2v) is 9.32. The third-order valence-corrected chi connectivity index (χ3v) is 7.44. The van der Waals surface area contributed by atoms with Crippen molar-refractivity contribution in [2.45, 2.75) is 50.5 Å². The summed E-state index contributed by atoms with van der Waals surface area (Å²) in [6.07, 6.45) is 3.07. The number of hydrogen-bond donors (Lipinski definition) is 2. The van der Waals surface area contributed by atoms with Crippen molar-refractivity contribution in [2.24, 2.45) is 11.3 Å². The summed E-state index contributed by atoms with van der Waals surface area (Å²) in [5, 5.41) is 0. The average Bonchev–Trinajstić information content (AvgIpc) is 3.27. The molecular formula is C21H28F3N5O2. The molecule has 7 nitrogen and oxygen atoms in total. The van der Waals surface area contributed by atoms with Crippen molar-refractivity contribution in [1.82, 2.24) is 24.7 Å². The molecule has 2 saturated heterocycles. The molecule has 10 heteroatoms. The minimum atomic E-state index is -4.50. The molecule has 31 heavy (non-hydrogen) atoms. The number of hydrazine groups is 1. The van der Waals surface area contributed by atoms with Crippen molar-refractivity contribution in [3.05, 3.63) is 40.6 Å². The molecule has 170 valence electrons. The molecule has 3 fully saturated rings. The molecule has 0 bridgehead atoms. The van der Waals surface area contributed by atoms with Crippen LogP contribution < -0.4 is 16.5 Å². The molecule has 4 heterocycles. The van der Waals surface area contributed by atoms with Gasteiger partial charge in [0.2, 0.25) is 0 Å². The zero-order valence-corrected chi connectivity index (χ0v) is 17.5. The van der Waals surface area contributed by atoms with E-state index < -0.39 is 17.4 Å². The van der Waals surface area contributed by atoms with Crippen molar-refractivity contribution in [3.63, 3.8) is 0 Å². The highest BCUT2D eigenvalue weighted by Crippen LogP contribution is 2.49. The molecule has 0 aromatic carbocycles. The van der Waals surface area contributed by atoms with Gasteiger partial charge < -0.3 is 4.74 Å². The van der Waals surface area contributed by atoms with Gasteiger partial charge in [0.1, 0.15) is 0 Å². The van der Waals surface area contributed by atoms with Gasteiger partial charge in [0.25, 0.3) is 0 Å². The predicted octanol–water partition coefficient (Wildman–Crippen LogP) is 2.58. The van der Waals surface area contributed by atoms with Crippen molar-refractivity contribution in [1.29, 1.82) is 0 Å². The van der Waals surface area contributed by atoms with E-state index in [1.165, 1.54) is 23.0 Å². The molecule has 5 rings (SSSR count). The second-order valence-electron chi connectivity index (χ2n) is 9.32. The van der Waals surface area contributed by atoms with Gasteiger partial charge in [0.15, 0.2) is 0 Å². The van der Waals surface area contributed by atoms with E-state index in [4.69, 9.17) is 4.74 Å². The Hall–Kier alpha value is -1.88. The van der Waals surface area contributed by atoms with Crippen molar-refractivity contribution in [2.75, 3.05) is 26.9 Å². The fourth-order valence-corrected chi connectivity index (χ4v) is 5.59. The third-order valence-electron chi connectivity index (χ3n) is 7.44. The summed E-state index contributed by atoms with van der Waals surface area (Å²) in [4.78, 5) is 15.2. The summed E-state index contributed by atoms with van der Waals surface area (Å²) < 4.78 is 48.6. The van der Waals surface area contributed by atoms with E-state index in [1.54, 1.807) is 0 Å². The number of rotatable bonds is 4. The largest absolute Gasteiger partial charge is 0.418 e. The quantitative estimate of drug-likeness (QED) is 0.767. The first-order valence-corrected chi connectivity index (χ1v) is 10.8. The number of halogens is 3. The van der Waals surface area contributed by atoms with Crippen LogP contribution in [0.3, 0.4) is 0 Å². The van der Waals surface area contributed by atoms with E-state index >= 15 is 0 Å². The Morgan fingerprint density at radius 2 is 2.10 bits per heavy atom. The van der Waals surface area contributed by atoms with Crippen LogP contribution in [-0.4, -0.2) is 47.0 Å². The number of pyridine rings is 1. The van der Waals surface area contributed by atoms with Crippen LogP contribution in [0.15, 0.2) is 29.3 Å². The third kappa shape index (κ3) is 3.59. The highest BCUT2D eigenvalue weighted by molar-refractivity contribution is 5.55. The number of nitrogens with zero attached hydrogens (tertiary/aromatic N) is 3. The Bertz CT molecular complexity index is 1010. The molecule has 0 amide bonds. The molecule has 0 spiro atoms. The van der Waals surface area contributed by atoms with Crippen molar-refractivity contribution < 1.29 is 17.9 Å². The van der Waals surface area contributed by atoms with Crippen LogP contribution in [0, 0.1) is 11.3 Å². The number of ether oxygens (including phenoxy) is 1. The molecular weight excluding hydrogens is 411 g/mol. The van der Waals surface area contributed by atoms with Gasteiger partial charge in [-0.05, 0) is 50.8 Å². The molecule has 3 atom stereocenters. The lowest BCUT2D eigenvalue weighted by Crippen LogP contribution is -2.54. The van der Waals surface area contributed by atoms with Gasteiger partial charge in [0.05, 0.1) is 37.1 Å². The Morgan fingerprint density at radius 3 is 2.74 bits per heavy atom. The molecule has 2 aliphatic heterocycles. The summed E-state index contributed by atoms with van der Waals surface area (Å²) in [7, 11) is 2.07. The normalized spacial score (nSPS) is 29.4. The summed E-state index contributed by atoms with van der Waals surface area (Å²) in [6.45, 7) is 2.17. The maximum absolute atomic E-state index is 13.4. The number of nitrogens with one attached hydrogen (secondary N) is 2. The van der Waals surface area contributed by atoms with Crippen LogP contribution in [0.2, 0.25) is 0 Å². The first-order valence-electron chi connectivity index (χ1n) is 10.8. The Labute approximate surface area is 178 Å². The highest BCUT2D eigenvalue weighted by Gasteiger charge is 2.49. The van der Waals surface area contributed by atoms with Gasteiger partial charge in [-0.25, -0.2) is 15.6 Å². The number of imidazole rings is 1. The van der Waals surface area contributed by atoms with E-state index in [-0.39, 0.29) is 23.1 Å². The zero-order valence-electron chi connectivity index (χ0n) is 17.5. The lowest BCUT2D eigenvalue weighted by Gasteiger charge is -2.51. The summed E-state index contributed by atoms with van der Waals surface area (Å²) >= 11 is 0. The second kappa shape index (κ2) is 7.61. The highest BCUT2D eigenvalue weighted by atomic mass is 19.4. The lowest BCUT2D eigenvalue weighted by atomic mass is 9.64. The molecule has 3 aliphatic rings. The topological polar surface area (TPSA) is 62.9 Å². The summed E-state index contributed by atoms with van der Waals surface area (Å²) in [6, 6.07) is 2.21. The SMILES string of the molecule is CN1CNNC1CC1(C2CCCC(n3cc4c(C(F)(F)F)cccn4c3=O)C2)COC1. The van der Waals surface area contributed by atoms with Crippen LogP contribution in [0.1, 0.15) is 43.7 Å². The van der Waals surface area contributed by atoms with Crippen LogP contribution in [0.4, 0.5) is 13.2 Å². The lowest BCUT2D eigenvalue weighted by molar-refractivity contribution is -0.167. The molecule has 2 aromatic heterocycles. The molecule has 2 N–H and O–H groups in total. The van der Waals surface area contributed by atoms with Gasteiger partial charge >= 0.3 is 11.9 Å². The van der Waals surface area contributed by atoms with E-state index in [0.717, 1.165) is 49.2 Å². The molecule has 1 saturated carbocycles. The molecule has 0 radical (unpaired) electrons. The number of alkyl halides is 3. The van der Waals surface area contributed by atoms with Crippen LogP contribution in [-0.2, 0) is 10.9 Å². The standard InChI is InChI=1S/C21H28F3N5O2/c1-27-13-25-26-18(27)9-20(11-31-12-20)14-4-2-5-15(8-14)29-10-17-16(21(22,23)24)6-3-7-28(17)19(29)30/h3,6-7,10,14-15,18,25-26H,2,4-5,8-9,11-13H2,1H3. The predicted molar refractivity (Wildman–Crippen MR) is 108 cm³/mol. The van der Waals surface area contributed by atoms with Gasteiger partial charge in [-0.15, -0.1) is 0 Å². The summed E-state index contributed by atoms with van der Waals surface area (Å²) in [5.74, 6) is 0.368. The summed E-state index contributed by atoms with van der Waals surface area (Å²) in [5.41, 5.74) is 5.27. The fraction of sp³-hybridized carbons (Fsp3) is 0.667. The maximum Gasteiger partial charge on any atom is 0.418 e. The number of aromatic nitrogens is 2. The van der Waals surface area contributed by atoms with E-state index in [9.17, 15) is 18.0 Å². The number of hydrogen-bond acceptors (Lipinski definition) is 5. The first-order chi connectivity index (χ1) is 14.8. The van der Waals surface area contributed by atoms with E-state index in [2.05, 4.69) is 22.8 Å². The average molecular weight is 439 g/mol. The monoisotopic (exact) mass is 439 g/mol. The van der Waals surface area contributed by atoms with Crippen LogP contribution in [0.5, 0.6) is 0 Å². The van der Waals surface area contributed by atoms with Crippen molar-refractivity contribution in [3.8, 4) is 0 Å². The van der Waals surface area contributed by atoms with Crippen LogP contribution >= 0.6 is 0 Å². The fourth-order valence-electron chi connectivity index (χ4n) is 5.59. The maximum atomic E-state index is 13.4. The minimum Gasteiger partial charge on any atom is -0.380 e. The number of fused-ring (bicyclic) bond motifs is 1. The van der Waals surface area contributed by atoms with Gasteiger partial charge in [-0.1, -0.05) is 6.42 Å². The molecule has 3 unspecified atom stereocenters. The zero-order chi connectivity index (χ0) is 21.8. The molecule has 2 aromatic rings. The van der Waals surface area contributed by atoms with Gasteiger partial charge in [0, 0.05) is 23.9 Å². The van der Waals surface area contributed by atoms with Crippen LogP contribution in [0.25, 0.3) is 5.52 Å². The van der Waals surface area contributed by atoms with Crippen molar-refractivity contribution >= 4 is 5.52 Å². The first kappa shape index (κ1) is 21.0. The van der Waals surface area contributed by atoms with E-state index in [1.807, 2.05) is 0 Å². The Kier molecular flexibility index (Phi) is 5.16. The van der Waals surface area contributed by atoms with Gasteiger partial charge in [-0.2, -0.15) is 13.2 Å². The smallest absolute Gasteiger partial charge is 0.380 e. The Balaban J connectivity index is 1.42. The molecule has 1 aliphatic carbocycles. The van der Waals surface area contributed by atoms with Gasteiger partial charge in [-0.3, -0.25) is 13.9 Å². The Morgan fingerprint density at radius 1 is 1.29 bits per heavy atom. The van der Waals surface area contributed by atoms with E-state index in [0.29, 0.717) is 19.1 Å². The minimum absolute atomic E-state index is 0.0382.